The van der Waals surface area contributed by atoms with Crippen molar-refractivity contribution in [3.05, 3.63) is 194 Å². The summed E-state index contributed by atoms with van der Waals surface area (Å²) in [5.41, 5.74) is 12.4. The van der Waals surface area contributed by atoms with Gasteiger partial charge in [0.15, 0.2) is 17.5 Å². The summed E-state index contributed by atoms with van der Waals surface area (Å²) in [7, 11) is 0. The van der Waals surface area contributed by atoms with Gasteiger partial charge in [0.05, 0.1) is 22.7 Å². The maximum absolute atomic E-state index is 9.34. The van der Waals surface area contributed by atoms with Gasteiger partial charge in [-0.05, 0) is 76.9 Å². The topological polar surface area (TPSA) is 80.5 Å². The number of hydrogen-bond acceptors (Lipinski definition) is 5. The molecule has 0 saturated heterocycles. The molecule has 0 radical (unpaired) electrons. The molecule has 0 bridgehead atoms. The van der Waals surface area contributed by atoms with Gasteiger partial charge < -0.3 is 8.98 Å². The number of nitriles is 1. The maximum atomic E-state index is 9.34. The largest absolute Gasteiger partial charge is 0.456 e. The summed E-state index contributed by atoms with van der Waals surface area (Å²) < 4.78 is 8.82. The number of fused-ring (bicyclic) bond motifs is 6. The van der Waals surface area contributed by atoms with Crippen LogP contribution in [0.15, 0.2) is 192 Å². The zero-order valence-corrected chi connectivity index (χ0v) is 31.0. The number of para-hydroxylation sites is 1. The van der Waals surface area contributed by atoms with Crippen molar-refractivity contribution in [2.45, 2.75) is 0 Å². The smallest absolute Gasteiger partial charge is 0.164 e. The molecule has 0 aliphatic rings. The Bertz CT molecular complexity index is 3400. The van der Waals surface area contributed by atoms with Gasteiger partial charge in [-0.2, -0.15) is 5.26 Å². The van der Waals surface area contributed by atoms with Crippen LogP contribution in [0.3, 0.4) is 0 Å². The van der Waals surface area contributed by atoms with Crippen molar-refractivity contribution in [2.24, 2.45) is 0 Å². The molecule has 0 unspecified atom stereocenters. The molecule has 0 aliphatic carbocycles. The zero-order chi connectivity index (χ0) is 38.6. The summed E-state index contributed by atoms with van der Waals surface area (Å²) in [4.78, 5) is 15.3. The second-order valence-corrected chi connectivity index (χ2v) is 14.4. The van der Waals surface area contributed by atoms with Crippen molar-refractivity contribution < 1.29 is 4.42 Å². The molecule has 6 nitrogen and oxygen atoms in total. The first kappa shape index (κ1) is 33.2. The summed E-state index contributed by atoms with van der Waals surface area (Å²) >= 11 is 0. The average Bonchev–Trinajstić information content (AvgIpc) is 3.85. The fraction of sp³-hybridized carbons (Fsp3) is 0. The van der Waals surface area contributed by atoms with Crippen molar-refractivity contribution in [2.75, 3.05) is 0 Å². The monoisotopic (exact) mass is 741 g/mol. The van der Waals surface area contributed by atoms with Crippen LogP contribution in [0.2, 0.25) is 0 Å². The van der Waals surface area contributed by atoms with Gasteiger partial charge in [0.25, 0.3) is 0 Å². The summed E-state index contributed by atoms with van der Waals surface area (Å²) in [6, 6.07) is 66.4. The molecule has 0 saturated carbocycles. The molecule has 58 heavy (non-hydrogen) atoms. The lowest BCUT2D eigenvalue weighted by atomic mass is 9.98. The van der Waals surface area contributed by atoms with E-state index in [9.17, 15) is 5.26 Å². The van der Waals surface area contributed by atoms with E-state index in [0.29, 0.717) is 23.0 Å². The van der Waals surface area contributed by atoms with E-state index >= 15 is 0 Å². The van der Waals surface area contributed by atoms with Gasteiger partial charge in [-0.25, -0.2) is 15.0 Å². The molecule has 0 spiro atoms. The summed E-state index contributed by atoms with van der Waals surface area (Å²) in [5.74, 6) is 1.71. The molecule has 8 aromatic carbocycles. The molecule has 11 aromatic rings. The normalized spacial score (nSPS) is 11.4. The van der Waals surface area contributed by atoms with Crippen molar-refractivity contribution in [1.82, 2.24) is 19.5 Å². The molecule has 0 amide bonds. The highest BCUT2D eigenvalue weighted by molar-refractivity contribution is 6.13. The van der Waals surface area contributed by atoms with E-state index < -0.39 is 0 Å². The first-order chi connectivity index (χ1) is 28.7. The van der Waals surface area contributed by atoms with Crippen molar-refractivity contribution in [3.8, 4) is 68.2 Å². The van der Waals surface area contributed by atoms with Gasteiger partial charge in [-0.1, -0.05) is 133 Å². The Kier molecular flexibility index (Phi) is 7.76. The Hall–Kier alpha value is -8.14. The minimum atomic E-state index is 0.549. The van der Waals surface area contributed by atoms with Gasteiger partial charge in [-0.3, -0.25) is 0 Å². The number of aromatic nitrogens is 4. The third-order valence-electron chi connectivity index (χ3n) is 10.9. The zero-order valence-electron chi connectivity index (χ0n) is 31.0. The molecule has 270 valence electrons. The fourth-order valence-electron chi connectivity index (χ4n) is 8.12. The van der Waals surface area contributed by atoms with Crippen LogP contribution in [0.4, 0.5) is 0 Å². The van der Waals surface area contributed by atoms with Crippen LogP contribution in [0.1, 0.15) is 5.56 Å². The van der Waals surface area contributed by atoms with Crippen LogP contribution in [-0.2, 0) is 0 Å². The van der Waals surface area contributed by atoms with Gasteiger partial charge in [0.2, 0.25) is 0 Å². The Morgan fingerprint density at radius 2 is 1.02 bits per heavy atom. The quantitative estimate of drug-likeness (QED) is 0.169. The lowest BCUT2D eigenvalue weighted by molar-refractivity contribution is 0.669. The first-order valence-electron chi connectivity index (χ1n) is 19.2. The highest BCUT2D eigenvalue weighted by Gasteiger charge is 2.18. The molecule has 6 heteroatoms. The van der Waals surface area contributed by atoms with E-state index in [2.05, 4.69) is 120 Å². The lowest BCUT2D eigenvalue weighted by Crippen LogP contribution is -2.01. The van der Waals surface area contributed by atoms with Crippen LogP contribution in [0.25, 0.3) is 106 Å². The Balaban J connectivity index is 1.06. The molecule has 11 rings (SSSR count). The van der Waals surface area contributed by atoms with E-state index in [1.54, 1.807) is 0 Å². The molecule has 3 aromatic heterocycles. The lowest BCUT2D eigenvalue weighted by Gasteiger charge is -2.12. The average molecular weight is 742 g/mol. The number of rotatable bonds is 6. The predicted octanol–water partition coefficient (Wildman–Crippen LogP) is 13.1. The van der Waals surface area contributed by atoms with E-state index in [0.717, 1.165) is 72.0 Å². The minimum absolute atomic E-state index is 0.549. The second-order valence-electron chi connectivity index (χ2n) is 14.4. The molecular weight excluding hydrogens is 711 g/mol. The SMILES string of the molecule is N#Cc1ccc(-c2cccc3oc4cc(-c5nc(-c6ccccc6)nc(-c6cccc(-n7c8ccccc8c8ccc(-c9ccccc9)cc87)c6)n5)ccc4c23)cc1. The highest BCUT2D eigenvalue weighted by Crippen LogP contribution is 2.39. The fourth-order valence-corrected chi connectivity index (χ4v) is 8.12. The summed E-state index contributed by atoms with van der Waals surface area (Å²) in [5, 5.41) is 13.7. The Morgan fingerprint density at radius 3 is 1.79 bits per heavy atom. The predicted molar refractivity (Wildman–Crippen MR) is 233 cm³/mol. The molecule has 0 N–H and O–H groups in total. The highest BCUT2D eigenvalue weighted by atomic mass is 16.3. The van der Waals surface area contributed by atoms with Gasteiger partial charge in [0, 0.05) is 43.9 Å². The van der Waals surface area contributed by atoms with Gasteiger partial charge in [0.1, 0.15) is 11.2 Å². The number of benzene rings is 8. The van der Waals surface area contributed by atoms with Crippen LogP contribution in [0.5, 0.6) is 0 Å². The molecule has 0 aliphatic heterocycles. The van der Waals surface area contributed by atoms with E-state index in [-0.39, 0.29) is 0 Å². The number of hydrogen-bond donors (Lipinski definition) is 0. The summed E-state index contributed by atoms with van der Waals surface area (Å²) in [6.45, 7) is 0. The first-order valence-corrected chi connectivity index (χ1v) is 19.2. The summed E-state index contributed by atoms with van der Waals surface area (Å²) in [6.07, 6.45) is 0. The van der Waals surface area contributed by atoms with Crippen LogP contribution < -0.4 is 0 Å². The van der Waals surface area contributed by atoms with E-state index in [4.69, 9.17) is 19.4 Å². The third kappa shape index (κ3) is 5.61. The number of furan rings is 1. The van der Waals surface area contributed by atoms with Crippen molar-refractivity contribution in [3.63, 3.8) is 0 Å². The molecule has 0 fully saturated rings. The molecular formula is C52H31N5O. The Labute approximate surface area is 333 Å². The minimum Gasteiger partial charge on any atom is -0.456 e. The van der Waals surface area contributed by atoms with Crippen LogP contribution >= 0.6 is 0 Å². The number of nitrogens with zero attached hydrogens (tertiary/aromatic N) is 5. The van der Waals surface area contributed by atoms with E-state index in [1.165, 1.54) is 16.3 Å². The van der Waals surface area contributed by atoms with Crippen molar-refractivity contribution in [1.29, 1.82) is 5.26 Å². The van der Waals surface area contributed by atoms with Gasteiger partial charge in [-0.15, -0.1) is 0 Å². The van der Waals surface area contributed by atoms with Crippen LogP contribution in [-0.4, -0.2) is 19.5 Å². The van der Waals surface area contributed by atoms with E-state index in [1.807, 2.05) is 78.9 Å². The Morgan fingerprint density at radius 1 is 0.414 bits per heavy atom. The second kappa shape index (κ2) is 13.6. The standard InChI is InChI=1S/C52H31N5O/c53-32-33-21-23-35(24-22-33)41-18-10-20-47-49(41)44-28-26-39(31-48(44)58-47)52-55-50(36-13-5-2-6-14-36)54-51(56-52)38-15-9-16-40(29-38)57-45-19-8-7-17-42(45)43-27-25-37(30-46(43)57)34-11-3-1-4-12-34/h1-31H. The maximum Gasteiger partial charge on any atom is 0.164 e. The van der Waals surface area contributed by atoms with Crippen LogP contribution in [0, 0.1) is 11.3 Å². The molecule has 0 atom stereocenters. The molecule has 3 heterocycles. The third-order valence-corrected chi connectivity index (χ3v) is 10.9. The van der Waals surface area contributed by atoms with Crippen molar-refractivity contribution >= 4 is 43.7 Å². The van der Waals surface area contributed by atoms with Gasteiger partial charge >= 0.3 is 0 Å².